The molecule has 2 aromatic heterocycles. The lowest BCUT2D eigenvalue weighted by molar-refractivity contribution is -0.388. The third kappa shape index (κ3) is 5.33. The molecule has 1 aromatic carbocycles. The smallest absolute Gasteiger partial charge is 0.417 e. The molecular formula is C22H25N3O7. The summed E-state index contributed by atoms with van der Waals surface area (Å²) in [6, 6.07) is 9.03. The van der Waals surface area contributed by atoms with Gasteiger partial charge in [-0.05, 0) is 67.9 Å². The Labute approximate surface area is 189 Å². The van der Waals surface area contributed by atoms with Crippen molar-refractivity contribution < 1.29 is 32.5 Å². The van der Waals surface area contributed by atoms with Gasteiger partial charge in [-0.15, -0.1) is 0 Å². The zero-order valence-corrected chi connectivity index (χ0v) is 18.1. The molecule has 3 aromatic rings. The zero-order valence-electron chi connectivity index (χ0n) is 21.1. The van der Waals surface area contributed by atoms with Crippen molar-refractivity contribution in [3.05, 3.63) is 46.5 Å². The number of amides is 1. The first-order valence-electron chi connectivity index (χ1n) is 11.2. The summed E-state index contributed by atoms with van der Waals surface area (Å²) in [4.78, 5) is 27.8. The Kier molecular flexibility index (Phi) is 5.50. The number of hydrogen-bond acceptors (Lipinski definition) is 8. The number of nitrogens with zero attached hydrogens (tertiary/aromatic N) is 3. The normalized spacial score (nSPS) is 13.2. The van der Waals surface area contributed by atoms with E-state index in [0.717, 1.165) is 0 Å². The fraction of sp³-hybridized carbons (Fsp3) is 0.364. The van der Waals surface area contributed by atoms with Crippen molar-refractivity contribution in [1.29, 1.82) is 0 Å². The fourth-order valence-corrected chi connectivity index (χ4v) is 2.73. The summed E-state index contributed by atoms with van der Waals surface area (Å²) in [5.41, 5.74) is -0.548. The number of rotatable bonds is 7. The van der Waals surface area contributed by atoms with Crippen LogP contribution < -0.4 is 9.64 Å². The zero-order chi connectivity index (χ0) is 26.0. The first-order chi connectivity index (χ1) is 16.3. The van der Waals surface area contributed by atoms with Gasteiger partial charge in [0, 0.05) is 29.1 Å². The lowest BCUT2D eigenvalue weighted by atomic mass is 10.1. The van der Waals surface area contributed by atoms with Crippen LogP contribution in [0.15, 0.2) is 40.8 Å². The molecule has 170 valence electrons. The Balaban J connectivity index is 2.02. The summed E-state index contributed by atoms with van der Waals surface area (Å²) >= 11 is 0. The summed E-state index contributed by atoms with van der Waals surface area (Å²) in [6.07, 6.45) is -1.21. The van der Waals surface area contributed by atoms with Crippen LogP contribution in [0.2, 0.25) is 0 Å². The third-order valence-electron chi connectivity index (χ3n) is 4.10. The minimum Gasteiger partial charge on any atom is -0.468 e. The quantitative estimate of drug-likeness (QED) is 0.212. The molecule has 10 heteroatoms. The second kappa shape index (κ2) is 9.23. The average molecular weight is 446 g/mol. The highest BCUT2D eigenvalue weighted by Crippen LogP contribution is 2.35. The maximum absolute atomic E-state index is 12.6. The molecule has 3 rings (SSSR count). The first kappa shape index (κ1) is 19.1. The number of aromatic nitrogens is 1. The fourth-order valence-electron chi connectivity index (χ4n) is 2.73. The summed E-state index contributed by atoms with van der Waals surface area (Å²) in [6.45, 7) is 4.11. The van der Waals surface area contributed by atoms with Gasteiger partial charge in [0.25, 0.3) is 5.82 Å². The van der Waals surface area contributed by atoms with Gasteiger partial charge in [-0.1, -0.05) is 0 Å². The van der Waals surface area contributed by atoms with Crippen molar-refractivity contribution in [3.63, 3.8) is 0 Å². The van der Waals surface area contributed by atoms with Crippen molar-refractivity contribution in [2.45, 2.75) is 33.3 Å². The van der Waals surface area contributed by atoms with Crippen LogP contribution in [-0.2, 0) is 9.47 Å². The minimum atomic E-state index is -3.00. The number of hydrogen-bond donors (Lipinski definition) is 0. The number of furan rings is 1. The number of nitro groups is 1. The molecule has 0 aliphatic rings. The number of pyridine rings is 1. The van der Waals surface area contributed by atoms with Crippen LogP contribution in [0, 0.1) is 10.1 Å². The highest BCUT2D eigenvalue weighted by molar-refractivity contribution is 5.88. The molecule has 10 nitrogen and oxygen atoms in total. The van der Waals surface area contributed by atoms with Crippen molar-refractivity contribution in [3.8, 4) is 17.1 Å². The lowest BCUT2D eigenvalue weighted by Crippen LogP contribution is -2.34. The molecule has 0 aliphatic heterocycles. The van der Waals surface area contributed by atoms with Gasteiger partial charge in [0.05, 0.1) is 0 Å². The lowest BCUT2D eigenvalue weighted by Gasteiger charge is -2.22. The van der Waals surface area contributed by atoms with E-state index >= 15 is 0 Å². The largest absolute Gasteiger partial charge is 0.468 e. The molecule has 0 saturated carbocycles. The molecule has 0 saturated heterocycles. The van der Waals surface area contributed by atoms with Crippen LogP contribution in [-0.4, -0.2) is 42.0 Å². The number of benzene rings is 1. The molecule has 0 bridgehead atoms. The van der Waals surface area contributed by atoms with E-state index in [1.807, 2.05) is 6.92 Å². The van der Waals surface area contributed by atoms with E-state index in [2.05, 4.69) is 4.98 Å². The van der Waals surface area contributed by atoms with Crippen molar-refractivity contribution in [1.82, 2.24) is 4.98 Å². The van der Waals surface area contributed by atoms with E-state index in [9.17, 15) is 14.9 Å². The molecule has 32 heavy (non-hydrogen) atoms. The molecule has 0 radical (unpaired) electrons. The molecule has 0 atom stereocenters. The van der Waals surface area contributed by atoms with E-state index in [-0.39, 0.29) is 18.1 Å². The number of carbonyl (C=O) groups is 1. The molecule has 0 N–H and O–H groups in total. The van der Waals surface area contributed by atoms with E-state index in [0.29, 0.717) is 28.2 Å². The number of fused-ring (bicyclic) bond motifs is 1. The maximum Gasteiger partial charge on any atom is 0.417 e. The topological polar surface area (TPSA) is 117 Å². The van der Waals surface area contributed by atoms with Crippen molar-refractivity contribution in [2.75, 3.05) is 25.3 Å². The van der Waals surface area contributed by atoms with Gasteiger partial charge in [0.15, 0.2) is 6.79 Å². The molecular weight excluding hydrogens is 418 g/mol. The van der Waals surface area contributed by atoms with Crippen molar-refractivity contribution in [2.24, 2.45) is 0 Å². The summed E-state index contributed by atoms with van der Waals surface area (Å²) < 4.78 is 44.7. The molecule has 0 fully saturated rings. The molecule has 0 unspecified atom stereocenters. The Hall–Kier alpha value is -3.66. The highest BCUT2D eigenvalue weighted by atomic mass is 16.7. The van der Waals surface area contributed by atoms with Gasteiger partial charge in [0.1, 0.15) is 28.3 Å². The molecule has 0 spiro atoms. The van der Waals surface area contributed by atoms with E-state index in [4.69, 9.17) is 22.7 Å². The highest BCUT2D eigenvalue weighted by Gasteiger charge is 2.27. The maximum atomic E-state index is 12.6. The number of carbonyl (C=O) groups excluding carboxylic acids is 1. The van der Waals surface area contributed by atoms with Crippen LogP contribution in [0.25, 0.3) is 22.3 Å². The van der Waals surface area contributed by atoms with Gasteiger partial charge in [-0.2, -0.15) is 0 Å². The van der Waals surface area contributed by atoms with Crippen molar-refractivity contribution >= 4 is 28.7 Å². The third-order valence-corrected chi connectivity index (χ3v) is 4.10. The Morgan fingerprint density at radius 3 is 2.72 bits per heavy atom. The second-order valence-corrected chi connectivity index (χ2v) is 7.68. The first-order valence-corrected chi connectivity index (χ1v) is 9.73. The van der Waals surface area contributed by atoms with Crippen LogP contribution in [0.5, 0.6) is 5.75 Å². The molecule has 1 amide bonds. The van der Waals surface area contributed by atoms with Gasteiger partial charge >= 0.3 is 11.9 Å². The summed E-state index contributed by atoms with van der Waals surface area (Å²) in [7, 11) is 0. The van der Waals surface area contributed by atoms with Gasteiger partial charge in [-0.25, -0.2) is 9.69 Å². The Morgan fingerprint density at radius 2 is 2.06 bits per heavy atom. The van der Waals surface area contributed by atoms with Gasteiger partial charge < -0.3 is 28.7 Å². The van der Waals surface area contributed by atoms with E-state index < -0.39 is 35.2 Å². The number of anilines is 1. The van der Waals surface area contributed by atoms with Crippen LogP contribution >= 0.6 is 0 Å². The standard InChI is InChI=1S/C22H25N3O7/c1-6-29-13-30-15-7-9-17-14(11-15)12-18(31-17)16-8-10-19(23-20(16)25(27)28)24(5)21(26)32-22(2,3)4/h7-12H,6,13H2,1-5H3/i5D3. The molecule has 2 heterocycles. The second-order valence-electron chi connectivity index (χ2n) is 7.68. The predicted octanol–water partition coefficient (Wildman–Crippen LogP) is 5.15. The van der Waals surface area contributed by atoms with E-state index in [1.165, 1.54) is 12.1 Å². The average Bonchev–Trinajstić information content (AvgIpc) is 3.14. The summed E-state index contributed by atoms with van der Waals surface area (Å²) in [5.74, 6) is -0.498. The van der Waals surface area contributed by atoms with E-state index in [1.54, 1.807) is 45.0 Å². The Bertz CT molecular complexity index is 1240. The SMILES string of the molecule is [2H]C([2H])([2H])N(C(=O)OC(C)(C)C)c1ccc(-c2cc3cc(OCOCC)ccc3o2)c([N+](=O)[O-])n1. The Morgan fingerprint density at radius 1 is 1.28 bits per heavy atom. The molecule has 0 aliphatic carbocycles. The van der Waals surface area contributed by atoms with Crippen LogP contribution in [0.1, 0.15) is 31.8 Å². The van der Waals surface area contributed by atoms with Gasteiger partial charge in [-0.3, -0.25) is 0 Å². The van der Waals surface area contributed by atoms with Crippen LogP contribution in [0.3, 0.4) is 0 Å². The monoisotopic (exact) mass is 446 g/mol. The minimum absolute atomic E-state index is 0.00131. The number of ether oxygens (including phenoxy) is 3. The van der Waals surface area contributed by atoms with Crippen LogP contribution in [0.4, 0.5) is 16.4 Å². The van der Waals surface area contributed by atoms with Gasteiger partial charge in [0.2, 0.25) is 0 Å². The summed E-state index contributed by atoms with van der Waals surface area (Å²) in [5, 5.41) is 12.4. The predicted molar refractivity (Wildman–Crippen MR) is 118 cm³/mol.